The number of halogens is 4. The molecule has 1 aromatic rings. The van der Waals surface area contributed by atoms with Crippen LogP contribution >= 0.6 is 11.6 Å². The van der Waals surface area contributed by atoms with E-state index in [0.29, 0.717) is 0 Å². The number of pyridine rings is 1. The zero-order chi connectivity index (χ0) is 16.3. The highest BCUT2D eigenvalue weighted by Crippen LogP contribution is 2.30. The summed E-state index contributed by atoms with van der Waals surface area (Å²) < 4.78 is 41.4. The Bertz CT molecular complexity index is 560. The molecule has 122 valence electrons. The molecule has 1 N–H and O–H groups in total. The molecule has 0 aromatic carbocycles. The normalized spacial score (nSPS) is 19.5. The Kier molecular flexibility index (Phi) is 5.21. The summed E-state index contributed by atoms with van der Waals surface area (Å²) in [5.74, 6) is 0.429. The third-order valence-corrected chi connectivity index (χ3v) is 3.94. The highest BCUT2D eigenvalue weighted by atomic mass is 35.5. The van der Waals surface area contributed by atoms with Crippen LogP contribution in [0.5, 0.6) is 5.88 Å². The van der Waals surface area contributed by atoms with Crippen molar-refractivity contribution in [2.75, 3.05) is 6.61 Å². The SMILES string of the molecule is Cc1cc(C(C)C2CC(Cl)=CN2)cnc1OCCC(F)(F)F. The van der Waals surface area contributed by atoms with Crippen LogP contribution in [0.3, 0.4) is 0 Å². The molecule has 0 saturated carbocycles. The zero-order valence-electron chi connectivity index (χ0n) is 12.4. The van der Waals surface area contributed by atoms with E-state index in [1.807, 2.05) is 6.07 Å². The van der Waals surface area contributed by atoms with Crippen molar-refractivity contribution < 1.29 is 17.9 Å². The van der Waals surface area contributed by atoms with E-state index in [1.165, 1.54) is 0 Å². The predicted molar refractivity (Wildman–Crippen MR) is 79.0 cm³/mol. The van der Waals surface area contributed by atoms with Crippen molar-refractivity contribution >= 4 is 11.6 Å². The Hall–Kier alpha value is -1.43. The van der Waals surface area contributed by atoms with Crippen LogP contribution in [-0.2, 0) is 0 Å². The van der Waals surface area contributed by atoms with Crippen LogP contribution in [0.2, 0.25) is 0 Å². The summed E-state index contributed by atoms with van der Waals surface area (Å²) >= 11 is 5.96. The topological polar surface area (TPSA) is 34.2 Å². The number of hydrogen-bond donors (Lipinski definition) is 1. The van der Waals surface area contributed by atoms with E-state index >= 15 is 0 Å². The number of nitrogens with one attached hydrogen (secondary N) is 1. The van der Waals surface area contributed by atoms with Crippen LogP contribution in [-0.4, -0.2) is 23.8 Å². The van der Waals surface area contributed by atoms with Crippen molar-refractivity contribution in [2.24, 2.45) is 0 Å². The second-order valence-electron chi connectivity index (χ2n) is 5.46. The number of alkyl halides is 3. The maximum Gasteiger partial charge on any atom is 0.392 e. The fraction of sp³-hybridized carbons (Fsp3) is 0.533. The fourth-order valence-electron chi connectivity index (χ4n) is 2.33. The standard InChI is InChI=1S/C15H18ClF3N2O/c1-9-5-11(10(2)13-6-12(16)8-20-13)7-21-14(9)22-4-3-15(17,18)19/h5,7-8,10,13,20H,3-4,6H2,1-2H3. The van der Waals surface area contributed by atoms with Crippen LogP contribution < -0.4 is 10.1 Å². The first-order chi connectivity index (χ1) is 10.3. The molecule has 2 heterocycles. The van der Waals surface area contributed by atoms with Gasteiger partial charge in [-0.25, -0.2) is 4.98 Å². The third-order valence-electron chi connectivity index (χ3n) is 3.67. The molecular weight excluding hydrogens is 317 g/mol. The Labute approximate surface area is 132 Å². The average Bonchev–Trinajstić information content (AvgIpc) is 2.85. The van der Waals surface area contributed by atoms with Crippen LogP contribution in [0.4, 0.5) is 13.2 Å². The lowest BCUT2D eigenvalue weighted by molar-refractivity contribution is -0.139. The van der Waals surface area contributed by atoms with Gasteiger partial charge in [0.25, 0.3) is 0 Å². The van der Waals surface area contributed by atoms with E-state index in [4.69, 9.17) is 16.3 Å². The first-order valence-electron chi connectivity index (χ1n) is 7.03. The van der Waals surface area contributed by atoms with Gasteiger partial charge in [-0.1, -0.05) is 18.5 Å². The number of nitrogens with zero attached hydrogens (tertiary/aromatic N) is 1. The van der Waals surface area contributed by atoms with Crippen molar-refractivity contribution in [3.8, 4) is 5.88 Å². The maximum absolute atomic E-state index is 12.1. The molecule has 0 amide bonds. The van der Waals surface area contributed by atoms with Gasteiger partial charge in [-0.05, 0) is 18.6 Å². The van der Waals surface area contributed by atoms with Crippen molar-refractivity contribution in [3.05, 3.63) is 34.6 Å². The van der Waals surface area contributed by atoms with E-state index in [1.54, 1.807) is 19.3 Å². The van der Waals surface area contributed by atoms with Gasteiger partial charge in [0.1, 0.15) is 0 Å². The highest BCUT2D eigenvalue weighted by Gasteiger charge is 2.27. The Balaban J connectivity index is 1.97. The first-order valence-corrected chi connectivity index (χ1v) is 7.41. The van der Waals surface area contributed by atoms with E-state index < -0.39 is 19.2 Å². The molecule has 0 bridgehead atoms. The van der Waals surface area contributed by atoms with Gasteiger partial charge in [0.2, 0.25) is 5.88 Å². The minimum absolute atomic E-state index is 0.183. The first kappa shape index (κ1) is 16.9. The van der Waals surface area contributed by atoms with Gasteiger partial charge in [-0.3, -0.25) is 0 Å². The number of aryl methyl sites for hydroxylation is 1. The number of rotatable bonds is 5. The lowest BCUT2D eigenvalue weighted by Crippen LogP contribution is -2.26. The van der Waals surface area contributed by atoms with E-state index in [9.17, 15) is 13.2 Å². The second-order valence-corrected chi connectivity index (χ2v) is 5.95. The molecule has 2 atom stereocenters. The van der Waals surface area contributed by atoms with Crippen LogP contribution in [0.25, 0.3) is 0 Å². The summed E-state index contributed by atoms with van der Waals surface area (Å²) in [6.45, 7) is 3.41. The molecule has 2 unspecified atom stereocenters. The monoisotopic (exact) mass is 334 g/mol. The van der Waals surface area contributed by atoms with Crippen molar-refractivity contribution in [2.45, 2.75) is 44.8 Å². The Morgan fingerprint density at radius 1 is 1.50 bits per heavy atom. The van der Waals surface area contributed by atoms with Crippen molar-refractivity contribution in [1.29, 1.82) is 0 Å². The molecule has 22 heavy (non-hydrogen) atoms. The minimum atomic E-state index is -4.22. The summed E-state index contributed by atoms with van der Waals surface area (Å²) in [5, 5.41) is 4.00. The average molecular weight is 335 g/mol. The Morgan fingerprint density at radius 3 is 2.77 bits per heavy atom. The zero-order valence-corrected chi connectivity index (χ0v) is 13.1. The molecular formula is C15H18ClF3N2O. The van der Waals surface area contributed by atoms with Gasteiger partial charge in [0, 0.05) is 41.4 Å². The number of ether oxygens (including phenoxy) is 1. The molecule has 7 heteroatoms. The lowest BCUT2D eigenvalue weighted by atomic mass is 9.93. The molecule has 1 aromatic heterocycles. The molecule has 0 radical (unpaired) electrons. The van der Waals surface area contributed by atoms with Crippen molar-refractivity contribution in [3.63, 3.8) is 0 Å². The van der Waals surface area contributed by atoms with E-state index in [0.717, 1.165) is 22.6 Å². The van der Waals surface area contributed by atoms with Gasteiger partial charge in [-0.15, -0.1) is 0 Å². The number of aromatic nitrogens is 1. The van der Waals surface area contributed by atoms with Gasteiger partial charge >= 0.3 is 6.18 Å². The molecule has 0 saturated heterocycles. The van der Waals surface area contributed by atoms with Crippen LogP contribution in [0.15, 0.2) is 23.5 Å². The Morgan fingerprint density at radius 2 is 2.23 bits per heavy atom. The summed E-state index contributed by atoms with van der Waals surface area (Å²) in [4.78, 5) is 4.14. The van der Waals surface area contributed by atoms with Gasteiger partial charge in [0.05, 0.1) is 13.0 Å². The molecule has 1 aliphatic rings. The van der Waals surface area contributed by atoms with Crippen LogP contribution in [0, 0.1) is 6.92 Å². The lowest BCUT2D eigenvalue weighted by Gasteiger charge is -2.21. The summed E-state index contributed by atoms with van der Waals surface area (Å²) in [5.41, 5.74) is 1.72. The molecule has 1 aliphatic heterocycles. The molecule has 3 nitrogen and oxygen atoms in total. The second kappa shape index (κ2) is 6.77. The molecule has 2 rings (SSSR count). The minimum Gasteiger partial charge on any atom is -0.477 e. The summed E-state index contributed by atoms with van der Waals surface area (Å²) in [6.07, 6.45) is -1.01. The summed E-state index contributed by atoms with van der Waals surface area (Å²) in [6, 6.07) is 2.10. The predicted octanol–water partition coefficient (Wildman–Crippen LogP) is 4.27. The molecule has 0 spiro atoms. The van der Waals surface area contributed by atoms with E-state index in [2.05, 4.69) is 17.2 Å². The van der Waals surface area contributed by atoms with Gasteiger partial charge < -0.3 is 10.1 Å². The fourth-order valence-corrected chi connectivity index (χ4v) is 2.56. The van der Waals surface area contributed by atoms with Gasteiger partial charge in [0.15, 0.2) is 0 Å². The van der Waals surface area contributed by atoms with E-state index in [-0.39, 0.29) is 17.8 Å². The summed E-state index contributed by atoms with van der Waals surface area (Å²) in [7, 11) is 0. The van der Waals surface area contributed by atoms with Crippen molar-refractivity contribution in [1.82, 2.24) is 10.3 Å². The number of hydrogen-bond acceptors (Lipinski definition) is 3. The largest absolute Gasteiger partial charge is 0.477 e. The molecule has 0 fully saturated rings. The quantitative estimate of drug-likeness (QED) is 0.873. The third kappa shape index (κ3) is 4.53. The highest BCUT2D eigenvalue weighted by molar-refractivity contribution is 6.29. The van der Waals surface area contributed by atoms with Gasteiger partial charge in [-0.2, -0.15) is 13.2 Å². The maximum atomic E-state index is 12.1. The van der Waals surface area contributed by atoms with Crippen LogP contribution in [0.1, 0.15) is 36.8 Å². The molecule has 0 aliphatic carbocycles. The smallest absolute Gasteiger partial charge is 0.392 e.